The lowest BCUT2D eigenvalue weighted by atomic mass is 10.0. The van der Waals surface area contributed by atoms with Gasteiger partial charge in [0.05, 0.1) is 7.11 Å². The number of hydrogen-bond acceptors (Lipinski definition) is 3. The lowest BCUT2D eigenvalue weighted by Gasteiger charge is -2.13. The van der Waals surface area contributed by atoms with E-state index in [2.05, 4.69) is 0 Å². The molecule has 4 nitrogen and oxygen atoms in total. The SMILES string of the molecule is COc1ccc(C(N)CCCC(=O)O)c(F)c1. The molecule has 0 aliphatic rings. The Balaban J connectivity index is 2.62. The average molecular weight is 241 g/mol. The Morgan fingerprint density at radius 2 is 2.29 bits per heavy atom. The summed E-state index contributed by atoms with van der Waals surface area (Å²) in [7, 11) is 1.46. The molecule has 17 heavy (non-hydrogen) atoms. The van der Waals surface area contributed by atoms with Crippen LogP contribution >= 0.6 is 0 Å². The van der Waals surface area contributed by atoms with Crippen LogP contribution in [0.3, 0.4) is 0 Å². The smallest absolute Gasteiger partial charge is 0.303 e. The second-order valence-corrected chi connectivity index (χ2v) is 3.78. The van der Waals surface area contributed by atoms with Crippen molar-refractivity contribution in [2.75, 3.05) is 7.11 Å². The summed E-state index contributed by atoms with van der Waals surface area (Å²) in [5, 5.41) is 8.49. The zero-order chi connectivity index (χ0) is 12.8. The molecule has 0 radical (unpaired) electrons. The predicted molar refractivity (Wildman–Crippen MR) is 61.4 cm³/mol. The van der Waals surface area contributed by atoms with Crippen LogP contribution in [0.2, 0.25) is 0 Å². The van der Waals surface area contributed by atoms with Gasteiger partial charge < -0.3 is 15.6 Å². The van der Waals surface area contributed by atoms with Gasteiger partial charge in [-0.1, -0.05) is 6.07 Å². The number of ether oxygens (including phenoxy) is 1. The molecule has 0 aliphatic heterocycles. The van der Waals surface area contributed by atoms with Gasteiger partial charge in [-0.25, -0.2) is 4.39 Å². The fourth-order valence-electron chi connectivity index (χ4n) is 1.56. The standard InChI is InChI=1S/C12H16FNO3/c1-17-8-5-6-9(10(13)7-8)11(14)3-2-4-12(15)16/h5-7,11H,2-4,14H2,1H3,(H,15,16). The second-order valence-electron chi connectivity index (χ2n) is 3.78. The van der Waals surface area contributed by atoms with Gasteiger partial charge in [0.25, 0.3) is 0 Å². The minimum Gasteiger partial charge on any atom is -0.497 e. The van der Waals surface area contributed by atoms with Crippen LogP contribution in [-0.2, 0) is 4.79 Å². The highest BCUT2D eigenvalue weighted by molar-refractivity contribution is 5.66. The summed E-state index contributed by atoms with van der Waals surface area (Å²) in [5.41, 5.74) is 6.19. The molecule has 1 aromatic carbocycles. The largest absolute Gasteiger partial charge is 0.497 e. The van der Waals surface area contributed by atoms with E-state index < -0.39 is 17.8 Å². The van der Waals surface area contributed by atoms with Crippen molar-refractivity contribution in [3.05, 3.63) is 29.6 Å². The summed E-state index contributed by atoms with van der Waals surface area (Å²) in [6.45, 7) is 0. The fourth-order valence-corrected chi connectivity index (χ4v) is 1.56. The molecule has 5 heteroatoms. The van der Waals surface area contributed by atoms with Gasteiger partial charge in [-0.3, -0.25) is 4.79 Å². The van der Waals surface area contributed by atoms with Crippen LogP contribution < -0.4 is 10.5 Å². The summed E-state index contributed by atoms with van der Waals surface area (Å²) in [4.78, 5) is 10.3. The van der Waals surface area contributed by atoms with Crippen LogP contribution in [0.5, 0.6) is 5.75 Å². The maximum atomic E-state index is 13.6. The molecule has 0 amide bonds. The van der Waals surface area contributed by atoms with E-state index in [0.29, 0.717) is 24.2 Å². The van der Waals surface area contributed by atoms with E-state index in [1.54, 1.807) is 12.1 Å². The predicted octanol–water partition coefficient (Wildman–Crippen LogP) is 2.09. The molecule has 0 aliphatic carbocycles. The number of benzene rings is 1. The fraction of sp³-hybridized carbons (Fsp3) is 0.417. The number of carboxylic acids is 1. The van der Waals surface area contributed by atoms with Gasteiger partial charge in [-0.05, 0) is 18.9 Å². The molecule has 1 atom stereocenters. The normalized spacial score (nSPS) is 12.2. The third-order valence-electron chi connectivity index (χ3n) is 2.51. The van der Waals surface area contributed by atoms with Gasteiger partial charge in [0, 0.05) is 24.1 Å². The van der Waals surface area contributed by atoms with Gasteiger partial charge >= 0.3 is 5.97 Å². The molecule has 94 valence electrons. The van der Waals surface area contributed by atoms with Gasteiger partial charge in [0.2, 0.25) is 0 Å². The highest BCUT2D eigenvalue weighted by atomic mass is 19.1. The number of hydrogen-bond donors (Lipinski definition) is 2. The van der Waals surface area contributed by atoms with E-state index in [4.69, 9.17) is 15.6 Å². The summed E-state index contributed by atoms with van der Waals surface area (Å²) in [6, 6.07) is 3.99. The van der Waals surface area contributed by atoms with Crippen LogP contribution in [0.1, 0.15) is 30.9 Å². The summed E-state index contributed by atoms with van der Waals surface area (Å²) in [5.74, 6) is -0.858. The zero-order valence-corrected chi connectivity index (χ0v) is 9.65. The van der Waals surface area contributed by atoms with Crippen LogP contribution in [0.25, 0.3) is 0 Å². The van der Waals surface area contributed by atoms with Crippen molar-refractivity contribution in [1.29, 1.82) is 0 Å². The van der Waals surface area contributed by atoms with Crippen LogP contribution in [0, 0.1) is 5.82 Å². The Kier molecular flexibility index (Phi) is 4.90. The van der Waals surface area contributed by atoms with Crippen molar-refractivity contribution in [1.82, 2.24) is 0 Å². The number of halogens is 1. The molecule has 0 heterocycles. The molecule has 1 unspecified atom stereocenters. The molecule has 0 bridgehead atoms. The number of nitrogens with two attached hydrogens (primary N) is 1. The maximum absolute atomic E-state index is 13.6. The Bertz CT molecular complexity index is 395. The van der Waals surface area contributed by atoms with Crippen LogP contribution in [0.4, 0.5) is 4.39 Å². The molecule has 0 fully saturated rings. The second kappa shape index (κ2) is 6.20. The van der Waals surface area contributed by atoms with Crippen molar-refractivity contribution in [2.24, 2.45) is 5.73 Å². The van der Waals surface area contributed by atoms with Crippen molar-refractivity contribution < 1.29 is 19.0 Å². The Morgan fingerprint density at radius 1 is 1.59 bits per heavy atom. The average Bonchev–Trinajstić information content (AvgIpc) is 2.28. The molecule has 0 aromatic heterocycles. The Labute approximate surface area is 99.2 Å². The number of carboxylic acid groups (broad SMARTS) is 1. The first kappa shape index (κ1) is 13.4. The molecular weight excluding hydrogens is 225 g/mol. The molecule has 0 saturated heterocycles. The molecular formula is C12H16FNO3. The van der Waals surface area contributed by atoms with Gasteiger partial charge in [0.15, 0.2) is 0 Å². The Morgan fingerprint density at radius 3 is 2.82 bits per heavy atom. The minimum atomic E-state index is -0.868. The van der Waals surface area contributed by atoms with Gasteiger partial charge in [-0.15, -0.1) is 0 Å². The van der Waals surface area contributed by atoms with E-state index in [0.717, 1.165) is 0 Å². The summed E-state index contributed by atoms with van der Waals surface area (Å²) < 4.78 is 18.5. The number of carbonyl (C=O) groups is 1. The minimum absolute atomic E-state index is 0.0471. The van der Waals surface area contributed by atoms with E-state index in [-0.39, 0.29) is 6.42 Å². The number of aliphatic carboxylic acids is 1. The first-order chi connectivity index (χ1) is 8.04. The molecule has 1 rings (SSSR count). The number of methoxy groups -OCH3 is 1. The highest BCUT2D eigenvalue weighted by Gasteiger charge is 2.12. The Hall–Kier alpha value is -1.62. The maximum Gasteiger partial charge on any atom is 0.303 e. The third-order valence-corrected chi connectivity index (χ3v) is 2.51. The first-order valence-corrected chi connectivity index (χ1v) is 5.35. The topological polar surface area (TPSA) is 72.5 Å². The van der Waals surface area contributed by atoms with E-state index in [9.17, 15) is 9.18 Å². The monoisotopic (exact) mass is 241 g/mol. The molecule has 0 spiro atoms. The van der Waals surface area contributed by atoms with E-state index in [1.165, 1.54) is 13.2 Å². The summed E-state index contributed by atoms with van der Waals surface area (Å²) in [6.07, 6.45) is 0.920. The zero-order valence-electron chi connectivity index (χ0n) is 9.65. The van der Waals surface area contributed by atoms with Gasteiger partial charge in [-0.2, -0.15) is 0 Å². The van der Waals surface area contributed by atoms with Gasteiger partial charge in [0.1, 0.15) is 11.6 Å². The summed E-state index contributed by atoms with van der Waals surface area (Å²) >= 11 is 0. The van der Waals surface area contributed by atoms with E-state index >= 15 is 0 Å². The first-order valence-electron chi connectivity index (χ1n) is 5.35. The van der Waals surface area contributed by atoms with E-state index in [1.807, 2.05) is 0 Å². The van der Waals surface area contributed by atoms with Crippen molar-refractivity contribution in [3.8, 4) is 5.75 Å². The molecule has 0 saturated carbocycles. The number of rotatable bonds is 6. The molecule has 3 N–H and O–H groups in total. The van der Waals surface area contributed by atoms with Crippen molar-refractivity contribution >= 4 is 5.97 Å². The lowest BCUT2D eigenvalue weighted by molar-refractivity contribution is -0.137. The third kappa shape index (κ3) is 4.03. The van der Waals surface area contributed by atoms with Crippen molar-refractivity contribution in [3.63, 3.8) is 0 Å². The van der Waals surface area contributed by atoms with Crippen LogP contribution in [0.15, 0.2) is 18.2 Å². The highest BCUT2D eigenvalue weighted by Crippen LogP contribution is 2.23. The van der Waals surface area contributed by atoms with Crippen molar-refractivity contribution in [2.45, 2.75) is 25.3 Å². The lowest BCUT2D eigenvalue weighted by Crippen LogP contribution is -2.12. The quantitative estimate of drug-likeness (QED) is 0.799. The molecule has 1 aromatic rings. The van der Waals surface area contributed by atoms with Crippen LogP contribution in [-0.4, -0.2) is 18.2 Å².